The second-order valence-corrected chi connectivity index (χ2v) is 3.03. The van der Waals surface area contributed by atoms with E-state index in [0.29, 0.717) is 5.82 Å². The molecule has 0 saturated heterocycles. The van der Waals surface area contributed by atoms with Crippen LogP contribution in [0, 0.1) is 6.92 Å². The van der Waals surface area contributed by atoms with Gasteiger partial charge in [0.2, 0.25) is 0 Å². The number of aliphatic imine (C=N–C) groups is 1. The number of alkyl halides is 3. The van der Waals surface area contributed by atoms with Crippen molar-refractivity contribution in [3.05, 3.63) is 23.9 Å². The van der Waals surface area contributed by atoms with Crippen molar-refractivity contribution >= 4 is 17.7 Å². The molecule has 0 unspecified atom stereocenters. The Balaban J connectivity index is 0.000000360. The van der Waals surface area contributed by atoms with Gasteiger partial charge in [0.1, 0.15) is 0 Å². The molecule has 9 heteroatoms. The minimum absolute atomic E-state index is 0.0306. The number of hydrogen-bond acceptors (Lipinski definition) is 3. The lowest BCUT2D eigenvalue weighted by molar-refractivity contribution is -0.192. The monoisotopic (exact) mass is 264 g/mol. The number of aromatic nitrogens is 1. The Hall–Kier alpha value is -2.32. The number of carboxylic acids is 1. The van der Waals surface area contributed by atoms with Crippen molar-refractivity contribution in [1.29, 1.82) is 0 Å². The van der Waals surface area contributed by atoms with Crippen molar-refractivity contribution < 1.29 is 23.1 Å². The maximum atomic E-state index is 10.6. The summed E-state index contributed by atoms with van der Waals surface area (Å²) in [6.45, 7) is 1.95. The molecule has 0 bridgehead atoms. The lowest BCUT2D eigenvalue weighted by Crippen LogP contribution is -2.22. The molecule has 1 rings (SSSR count). The van der Waals surface area contributed by atoms with Crippen molar-refractivity contribution in [3.63, 3.8) is 0 Å². The predicted molar refractivity (Wildman–Crippen MR) is 58.1 cm³/mol. The van der Waals surface area contributed by atoms with Gasteiger partial charge >= 0.3 is 12.1 Å². The number of aryl methyl sites for hydroxylation is 1. The Morgan fingerprint density at radius 1 is 1.44 bits per heavy atom. The SMILES string of the molecule is Cc1ccnc(N=C(N)N)c1.O=C(O)C(F)(F)F. The summed E-state index contributed by atoms with van der Waals surface area (Å²) in [6.07, 6.45) is -3.42. The van der Waals surface area contributed by atoms with Crippen LogP contribution in [0.25, 0.3) is 0 Å². The maximum Gasteiger partial charge on any atom is 0.490 e. The first-order chi connectivity index (χ1) is 8.12. The molecular weight excluding hydrogens is 253 g/mol. The first-order valence-corrected chi connectivity index (χ1v) is 4.45. The molecule has 0 atom stereocenters. The molecule has 100 valence electrons. The average Bonchev–Trinajstić information content (AvgIpc) is 2.15. The number of hydrogen-bond donors (Lipinski definition) is 3. The smallest absolute Gasteiger partial charge is 0.475 e. The van der Waals surface area contributed by atoms with E-state index in [1.54, 1.807) is 12.3 Å². The summed E-state index contributed by atoms with van der Waals surface area (Å²) < 4.78 is 31.7. The van der Waals surface area contributed by atoms with Crippen molar-refractivity contribution in [2.75, 3.05) is 0 Å². The standard InChI is InChI=1S/C7H10N4.C2HF3O2/c1-5-2-3-10-6(4-5)11-7(8)9;3-2(4,5)1(6)7/h2-4H,1H3,(H4,8,9,10,11);(H,6,7). The summed E-state index contributed by atoms with van der Waals surface area (Å²) in [4.78, 5) is 16.6. The van der Waals surface area contributed by atoms with E-state index < -0.39 is 12.1 Å². The van der Waals surface area contributed by atoms with Crippen LogP contribution in [0.2, 0.25) is 0 Å². The Morgan fingerprint density at radius 2 is 1.94 bits per heavy atom. The van der Waals surface area contributed by atoms with Gasteiger partial charge in [-0.25, -0.2) is 9.78 Å². The topological polar surface area (TPSA) is 115 Å². The van der Waals surface area contributed by atoms with Crippen LogP contribution >= 0.6 is 0 Å². The zero-order valence-electron chi connectivity index (χ0n) is 9.27. The van der Waals surface area contributed by atoms with Gasteiger partial charge < -0.3 is 16.6 Å². The third kappa shape index (κ3) is 7.04. The molecule has 18 heavy (non-hydrogen) atoms. The second kappa shape index (κ2) is 6.42. The molecule has 6 nitrogen and oxygen atoms in total. The molecule has 0 saturated carbocycles. The fourth-order valence-corrected chi connectivity index (χ4v) is 0.714. The Morgan fingerprint density at radius 3 is 2.28 bits per heavy atom. The number of nitrogens with two attached hydrogens (primary N) is 2. The molecule has 1 heterocycles. The summed E-state index contributed by atoms with van der Waals surface area (Å²) in [5, 5.41) is 7.12. The highest BCUT2D eigenvalue weighted by Gasteiger charge is 2.38. The predicted octanol–water partition coefficient (Wildman–Crippen LogP) is 0.928. The van der Waals surface area contributed by atoms with Gasteiger partial charge in [-0.1, -0.05) is 0 Å². The molecule has 0 aliphatic heterocycles. The number of aliphatic carboxylic acids is 1. The summed E-state index contributed by atoms with van der Waals surface area (Å²) >= 11 is 0. The Labute approximate surface area is 100 Å². The first kappa shape index (κ1) is 15.7. The van der Waals surface area contributed by atoms with Gasteiger partial charge in [-0.05, 0) is 24.6 Å². The van der Waals surface area contributed by atoms with Crippen LogP contribution in [0.4, 0.5) is 19.0 Å². The third-order valence-corrected chi connectivity index (χ3v) is 1.39. The van der Waals surface area contributed by atoms with Crippen LogP contribution < -0.4 is 11.5 Å². The third-order valence-electron chi connectivity index (χ3n) is 1.39. The van der Waals surface area contributed by atoms with E-state index >= 15 is 0 Å². The molecule has 1 aromatic heterocycles. The minimum Gasteiger partial charge on any atom is -0.475 e. The lowest BCUT2D eigenvalue weighted by atomic mass is 10.3. The largest absolute Gasteiger partial charge is 0.490 e. The summed E-state index contributed by atoms with van der Waals surface area (Å²) in [5.41, 5.74) is 11.4. The molecule has 5 N–H and O–H groups in total. The van der Waals surface area contributed by atoms with Crippen LogP contribution in [0.5, 0.6) is 0 Å². The van der Waals surface area contributed by atoms with E-state index in [9.17, 15) is 13.2 Å². The first-order valence-electron chi connectivity index (χ1n) is 4.45. The van der Waals surface area contributed by atoms with E-state index in [1.165, 1.54) is 0 Å². The zero-order chi connectivity index (χ0) is 14.3. The van der Waals surface area contributed by atoms with Crippen LogP contribution in [0.3, 0.4) is 0 Å². The summed E-state index contributed by atoms with van der Waals surface area (Å²) in [6, 6.07) is 3.69. The van der Waals surface area contributed by atoms with Crippen LogP contribution in [0.1, 0.15) is 5.56 Å². The van der Waals surface area contributed by atoms with E-state index in [-0.39, 0.29) is 5.96 Å². The van der Waals surface area contributed by atoms with Crippen LogP contribution in [0.15, 0.2) is 23.3 Å². The van der Waals surface area contributed by atoms with Crippen LogP contribution in [-0.4, -0.2) is 28.2 Å². The highest BCUT2D eigenvalue weighted by Crippen LogP contribution is 2.13. The number of nitrogens with zero attached hydrogens (tertiary/aromatic N) is 2. The van der Waals surface area contributed by atoms with E-state index in [4.69, 9.17) is 21.4 Å². The maximum absolute atomic E-state index is 10.6. The van der Waals surface area contributed by atoms with Gasteiger partial charge in [-0.2, -0.15) is 18.2 Å². The van der Waals surface area contributed by atoms with Gasteiger partial charge in [0, 0.05) is 6.20 Å². The van der Waals surface area contributed by atoms with Crippen molar-refractivity contribution in [3.8, 4) is 0 Å². The molecule has 0 fully saturated rings. The average molecular weight is 264 g/mol. The second-order valence-electron chi connectivity index (χ2n) is 3.03. The van der Waals surface area contributed by atoms with E-state index in [1.807, 2.05) is 13.0 Å². The molecule has 1 aromatic rings. The molecule has 0 aliphatic carbocycles. The van der Waals surface area contributed by atoms with Gasteiger partial charge in [0.05, 0.1) is 0 Å². The molecule has 0 amide bonds. The quantitative estimate of drug-likeness (QED) is 0.515. The fourth-order valence-electron chi connectivity index (χ4n) is 0.714. The molecule has 0 radical (unpaired) electrons. The van der Waals surface area contributed by atoms with E-state index in [0.717, 1.165) is 5.56 Å². The number of carbonyl (C=O) groups is 1. The Kier molecular flexibility index (Phi) is 5.60. The van der Waals surface area contributed by atoms with Gasteiger partial charge in [-0.3, -0.25) is 0 Å². The summed E-state index contributed by atoms with van der Waals surface area (Å²) in [5.74, 6) is -2.18. The van der Waals surface area contributed by atoms with E-state index in [2.05, 4.69) is 9.98 Å². The molecule has 0 aliphatic rings. The normalized spacial score (nSPS) is 10.0. The number of pyridine rings is 1. The van der Waals surface area contributed by atoms with Crippen LogP contribution in [-0.2, 0) is 4.79 Å². The van der Waals surface area contributed by atoms with Crippen molar-refractivity contribution in [2.24, 2.45) is 16.5 Å². The molecular formula is C9H11F3N4O2. The number of rotatable bonds is 1. The number of carboxylic acid groups (broad SMARTS) is 1. The highest BCUT2D eigenvalue weighted by molar-refractivity contribution is 5.78. The zero-order valence-corrected chi connectivity index (χ0v) is 9.27. The van der Waals surface area contributed by atoms with Crippen molar-refractivity contribution in [1.82, 2.24) is 4.98 Å². The van der Waals surface area contributed by atoms with Gasteiger partial charge in [0.25, 0.3) is 0 Å². The Bertz CT molecular complexity index is 442. The van der Waals surface area contributed by atoms with Gasteiger partial charge in [-0.15, -0.1) is 0 Å². The fraction of sp³-hybridized carbons (Fsp3) is 0.222. The molecule has 0 aromatic carbocycles. The number of halogens is 3. The van der Waals surface area contributed by atoms with Crippen molar-refractivity contribution in [2.45, 2.75) is 13.1 Å². The molecule has 0 spiro atoms. The minimum atomic E-state index is -5.08. The number of guanidine groups is 1. The lowest BCUT2D eigenvalue weighted by Gasteiger charge is -1.94. The van der Waals surface area contributed by atoms with Gasteiger partial charge in [0.15, 0.2) is 11.8 Å². The highest BCUT2D eigenvalue weighted by atomic mass is 19.4. The summed E-state index contributed by atoms with van der Waals surface area (Å²) in [7, 11) is 0.